The van der Waals surface area contributed by atoms with E-state index in [4.69, 9.17) is 4.74 Å². The Hall–Kier alpha value is -2.34. The van der Waals surface area contributed by atoms with E-state index in [2.05, 4.69) is 26.6 Å². The van der Waals surface area contributed by atoms with Gasteiger partial charge >= 0.3 is 11.8 Å². The summed E-state index contributed by atoms with van der Waals surface area (Å²) in [6.07, 6.45) is 0. The molecule has 6 heteroatoms. The second-order valence-electron chi connectivity index (χ2n) is 4.35. The van der Waals surface area contributed by atoms with E-state index in [1.807, 2.05) is 13.0 Å². The number of benzene rings is 2. The number of carbonyl (C=O) groups is 2. The second kappa shape index (κ2) is 7.61. The number of rotatable bonds is 4. The monoisotopic (exact) mass is 362 g/mol. The van der Waals surface area contributed by atoms with Gasteiger partial charge in [-0.15, -0.1) is 0 Å². The summed E-state index contributed by atoms with van der Waals surface area (Å²) >= 11 is 3.30. The van der Waals surface area contributed by atoms with Crippen LogP contribution >= 0.6 is 15.9 Å². The smallest absolute Gasteiger partial charge is 0.314 e. The summed E-state index contributed by atoms with van der Waals surface area (Å²) < 4.78 is 6.01. The molecule has 0 bridgehead atoms. The first-order chi connectivity index (χ1) is 10.6. The predicted octanol–water partition coefficient (Wildman–Crippen LogP) is 3.43. The van der Waals surface area contributed by atoms with Crippen LogP contribution in [-0.4, -0.2) is 18.4 Å². The maximum Gasteiger partial charge on any atom is 0.314 e. The van der Waals surface area contributed by atoms with Crippen molar-refractivity contribution >= 4 is 39.1 Å². The molecule has 2 amide bonds. The molecule has 5 nitrogen and oxygen atoms in total. The Kier molecular flexibility index (Phi) is 5.55. The fraction of sp³-hybridized carbons (Fsp3) is 0.125. The summed E-state index contributed by atoms with van der Waals surface area (Å²) in [4.78, 5) is 23.7. The Morgan fingerprint density at radius 1 is 1.00 bits per heavy atom. The maximum atomic E-state index is 11.9. The van der Waals surface area contributed by atoms with Crippen molar-refractivity contribution in [3.63, 3.8) is 0 Å². The number of nitrogens with one attached hydrogen (secondary N) is 2. The zero-order chi connectivity index (χ0) is 15.9. The normalized spacial score (nSPS) is 9.91. The van der Waals surface area contributed by atoms with Gasteiger partial charge in [-0.2, -0.15) is 0 Å². The van der Waals surface area contributed by atoms with E-state index in [9.17, 15) is 9.59 Å². The lowest BCUT2D eigenvalue weighted by atomic mass is 10.3. The van der Waals surface area contributed by atoms with Crippen molar-refractivity contribution in [3.8, 4) is 5.75 Å². The summed E-state index contributed by atoms with van der Waals surface area (Å²) in [5.41, 5.74) is 1.06. The van der Waals surface area contributed by atoms with Crippen molar-refractivity contribution in [2.24, 2.45) is 0 Å². The molecule has 0 unspecified atom stereocenters. The van der Waals surface area contributed by atoms with Gasteiger partial charge in [0.25, 0.3) is 0 Å². The lowest BCUT2D eigenvalue weighted by Crippen LogP contribution is -2.29. The lowest BCUT2D eigenvalue weighted by Gasteiger charge is -2.08. The minimum atomic E-state index is -0.736. The third kappa shape index (κ3) is 4.33. The van der Waals surface area contributed by atoms with Gasteiger partial charge < -0.3 is 15.4 Å². The molecule has 0 radical (unpaired) electrons. The zero-order valence-corrected chi connectivity index (χ0v) is 13.5. The van der Waals surface area contributed by atoms with Gasteiger partial charge in [0.05, 0.1) is 12.3 Å². The van der Waals surface area contributed by atoms with Crippen LogP contribution in [0.3, 0.4) is 0 Å². The van der Waals surface area contributed by atoms with E-state index in [1.165, 1.54) is 0 Å². The van der Waals surface area contributed by atoms with Gasteiger partial charge in [-0.05, 0) is 59.3 Å². The quantitative estimate of drug-likeness (QED) is 0.818. The Morgan fingerprint density at radius 2 is 1.64 bits per heavy atom. The number of ether oxygens (including phenoxy) is 1. The van der Waals surface area contributed by atoms with Crippen LogP contribution in [-0.2, 0) is 9.59 Å². The Bertz CT molecular complexity index is 671. The van der Waals surface area contributed by atoms with Gasteiger partial charge in [-0.1, -0.05) is 12.1 Å². The molecule has 2 aromatic carbocycles. The molecule has 0 fully saturated rings. The zero-order valence-electron chi connectivity index (χ0n) is 11.9. The molecule has 2 aromatic rings. The van der Waals surface area contributed by atoms with E-state index in [-0.39, 0.29) is 0 Å². The highest BCUT2D eigenvalue weighted by atomic mass is 79.9. The maximum absolute atomic E-state index is 11.9. The summed E-state index contributed by atoms with van der Waals surface area (Å²) in [5, 5.41) is 5.07. The average Bonchev–Trinajstić information content (AvgIpc) is 2.51. The summed E-state index contributed by atoms with van der Waals surface area (Å²) in [6, 6.07) is 13.9. The Balaban J connectivity index is 1.96. The fourth-order valence-corrected chi connectivity index (χ4v) is 2.11. The van der Waals surface area contributed by atoms with E-state index in [1.54, 1.807) is 42.5 Å². The third-order valence-corrected chi connectivity index (χ3v) is 3.44. The molecule has 2 rings (SSSR count). The standard InChI is InChI=1S/C16H15BrN2O3/c1-2-22-12-9-7-11(8-10-12)18-15(20)16(21)19-14-6-4-3-5-13(14)17/h3-10H,2H2,1H3,(H,18,20)(H,19,21). The molecule has 114 valence electrons. The molecule has 0 aromatic heterocycles. The highest BCUT2D eigenvalue weighted by molar-refractivity contribution is 9.10. The van der Waals surface area contributed by atoms with E-state index >= 15 is 0 Å². The van der Waals surface area contributed by atoms with Crippen LogP contribution in [0.15, 0.2) is 53.0 Å². The van der Waals surface area contributed by atoms with Gasteiger partial charge in [0, 0.05) is 10.2 Å². The van der Waals surface area contributed by atoms with E-state index < -0.39 is 11.8 Å². The molecule has 0 atom stereocenters. The number of hydrogen-bond acceptors (Lipinski definition) is 3. The minimum Gasteiger partial charge on any atom is -0.494 e. The van der Waals surface area contributed by atoms with Gasteiger partial charge in [0.2, 0.25) is 0 Å². The average molecular weight is 363 g/mol. The van der Waals surface area contributed by atoms with Crippen molar-refractivity contribution in [1.82, 2.24) is 0 Å². The summed E-state index contributed by atoms with van der Waals surface area (Å²) in [7, 11) is 0. The number of para-hydroxylation sites is 1. The summed E-state index contributed by atoms with van der Waals surface area (Å²) in [5.74, 6) is -0.765. The van der Waals surface area contributed by atoms with Crippen molar-refractivity contribution < 1.29 is 14.3 Å². The van der Waals surface area contributed by atoms with E-state index in [0.29, 0.717) is 28.2 Å². The van der Waals surface area contributed by atoms with Crippen LogP contribution in [0.4, 0.5) is 11.4 Å². The van der Waals surface area contributed by atoms with Crippen molar-refractivity contribution in [1.29, 1.82) is 0 Å². The molecule has 22 heavy (non-hydrogen) atoms. The topological polar surface area (TPSA) is 67.4 Å². The van der Waals surface area contributed by atoms with Crippen molar-refractivity contribution in [2.75, 3.05) is 17.2 Å². The van der Waals surface area contributed by atoms with Gasteiger partial charge in [0.1, 0.15) is 5.75 Å². The van der Waals surface area contributed by atoms with Crippen LogP contribution in [0.1, 0.15) is 6.92 Å². The van der Waals surface area contributed by atoms with Crippen LogP contribution < -0.4 is 15.4 Å². The number of halogens is 1. The molecule has 2 N–H and O–H groups in total. The van der Waals surface area contributed by atoms with Crippen molar-refractivity contribution in [2.45, 2.75) is 6.92 Å². The first kappa shape index (κ1) is 16.0. The van der Waals surface area contributed by atoms with Crippen LogP contribution in [0.25, 0.3) is 0 Å². The predicted molar refractivity (Wildman–Crippen MR) is 89.0 cm³/mol. The van der Waals surface area contributed by atoms with Crippen LogP contribution in [0.2, 0.25) is 0 Å². The number of hydrogen-bond donors (Lipinski definition) is 2. The molecule has 0 heterocycles. The molecular weight excluding hydrogens is 348 g/mol. The first-order valence-corrected chi connectivity index (χ1v) is 7.49. The third-order valence-electron chi connectivity index (χ3n) is 2.75. The van der Waals surface area contributed by atoms with Gasteiger partial charge in [0.15, 0.2) is 0 Å². The first-order valence-electron chi connectivity index (χ1n) is 6.70. The van der Waals surface area contributed by atoms with Crippen LogP contribution in [0.5, 0.6) is 5.75 Å². The molecular formula is C16H15BrN2O3. The highest BCUT2D eigenvalue weighted by Crippen LogP contribution is 2.21. The minimum absolute atomic E-state index is 0.524. The SMILES string of the molecule is CCOc1ccc(NC(=O)C(=O)Nc2ccccc2Br)cc1. The molecule has 0 saturated carbocycles. The molecule has 0 spiro atoms. The second-order valence-corrected chi connectivity index (χ2v) is 5.20. The van der Waals surface area contributed by atoms with Gasteiger partial charge in [-0.3, -0.25) is 9.59 Å². The molecule has 0 saturated heterocycles. The lowest BCUT2D eigenvalue weighted by molar-refractivity contribution is -0.133. The number of carbonyl (C=O) groups excluding carboxylic acids is 2. The van der Waals surface area contributed by atoms with Crippen molar-refractivity contribution in [3.05, 3.63) is 53.0 Å². The van der Waals surface area contributed by atoms with Gasteiger partial charge in [-0.25, -0.2) is 0 Å². The number of amides is 2. The Morgan fingerprint density at radius 3 is 2.27 bits per heavy atom. The fourth-order valence-electron chi connectivity index (χ4n) is 1.73. The highest BCUT2D eigenvalue weighted by Gasteiger charge is 2.15. The van der Waals surface area contributed by atoms with Crippen LogP contribution in [0, 0.1) is 0 Å². The van der Waals surface area contributed by atoms with E-state index in [0.717, 1.165) is 0 Å². The largest absolute Gasteiger partial charge is 0.494 e. The molecule has 0 aliphatic heterocycles. The number of anilines is 2. The Labute approximate surface area is 136 Å². The molecule has 0 aliphatic carbocycles. The molecule has 0 aliphatic rings. The summed E-state index contributed by atoms with van der Waals surface area (Å²) in [6.45, 7) is 2.46.